The highest BCUT2D eigenvalue weighted by molar-refractivity contribution is 5.22. The second-order valence-electron chi connectivity index (χ2n) is 3.52. The zero-order chi connectivity index (χ0) is 9.84. The Morgan fingerprint density at radius 1 is 1.23 bits per heavy atom. The van der Waals surface area contributed by atoms with Gasteiger partial charge in [-0.1, -0.05) is 32.0 Å². The summed E-state index contributed by atoms with van der Waals surface area (Å²) >= 11 is 0. The molecule has 1 nitrogen and oxygen atoms in total. The van der Waals surface area contributed by atoms with Crippen molar-refractivity contribution in [2.24, 2.45) is 0 Å². The maximum atomic E-state index is 11.3. The Balaban J connectivity index is 3.16. The predicted molar refractivity (Wildman–Crippen MR) is 56.2 cm³/mol. The molecule has 0 aliphatic rings. The van der Waals surface area contributed by atoms with Crippen LogP contribution in [0.3, 0.4) is 0 Å². The lowest BCUT2D eigenvalue weighted by molar-refractivity contribution is 0.734. The number of rotatable bonds is 2. The Morgan fingerprint density at radius 3 is 2.46 bits per heavy atom. The third-order valence-electron chi connectivity index (χ3n) is 2.52. The molecule has 0 radical (unpaired) electrons. The van der Waals surface area contributed by atoms with Crippen molar-refractivity contribution in [3.63, 3.8) is 0 Å². The van der Waals surface area contributed by atoms with E-state index in [-0.39, 0.29) is 5.43 Å². The molecule has 1 atom stereocenters. The minimum Gasteiger partial charge on any atom is -0.290 e. The van der Waals surface area contributed by atoms with Crippen LogP contribution in [0.5, 0.6) is 0 Å². The molecule has 0 N–H and O–H groups in total. The summed E-state index contributed by atoms with van der Waals surface area (Å²) < 4.78 is 0. The highest BCUT2D eigenvalue weighted by Gasteiger charge is 2.00. The van der Waals surface area contributed by atoms with Crippen molar-refractivity contribution in [2.45, 2.75) is 33.1 Å². The molecule has 0 amide bonds. The van der Waals surface area contributed by atoms with Gasteiger partial charge in [-0.05, 0) is 36.5 Å². The summed E-state index contributed by atoms with van der Waals surface area (Å²) in [4.78, 5) is 11.3. The van der Waals surface area contributed by atoms with E-state index < -0.39 is 0 Å². The Hall–Kier alpha value is -1.11. The molecule has 70 valence electrons. The zero-order valence-electron chi connectivity index (χ0n) is 8.50. The van der Waals surface area contributed by atoms with Crippen LogP contribution in [0.4, 0.5) is 0 Å². The topological polar surface area (TPSA) is 17.1 Å². The first-order valence-corrected chi connectivity index (χ1v) is 4.76. The maximum absolute atomic E-state index is 11.3. The fraction of sp³-hybridized carbons (Fsp3) is 0.417. The molecule has 0 saturated carbocycles. The second kappa shape index (κ2) is 4.22. The van der Waals surface area contributed by atoms with Gasteiger partial charge in [0.25, 0.3) is 0 Å². The molecule has 0 fully saturated rings. The molecule has 0 aliphatic heterocycles. The summed E-state index contributed by atoms with van der Waals surface area (Å²) in [5.41, 5.74) is 2.18. The highest BCUT2D eigenvalue weighted by Crippen LogP contribution is 2.16. The smallest absolute Gasteiger partial charge is 0.181 e. The van der Waals surface area contributed by atoms with Crippen molar-refractivity contribution in [3.8, 4) is 0 Å². The Bertz CT molecular complexity index is 341. The van der Waals surface area contributed by atoms with Crippen LogP contribution in [-0.2, 0) is 0 Å². The van der Waals surface area contributed by atoms with Crippen molar-refractivity contribution in [2.75, 3.05) is 0 Å². The van der Waals surface area contributed by atoms with Gasteiger partial charge in [-0.15, -0.1) is 0 Å². The third kappa shape index (κ3) is 2.41. The van der Waals surface area contributed by atoms with Crippen molar-refractivity contribution < 1.29 is 0 Å². The van der Waals surface area contributed by atoms with Crippen LogP contribution in [0.2, 0.25) is 0 Å². The Morgan fingerprint density at radius 2 is 1.85 bits per heavy atom. The van der Waals surface area contributed by atoms with E-state index in [9.17, 15) is 4.79 Å². The summed E-state index contributed by atoms with van der Waals surface area (Å²) in [6.45, 7) is 6.18. The summed E-state index contributed by atoms with van der Waals surface area (Å²) in [5.74, 6) is 0.534. The quantitative estimate of drug-likeness (QED) is 0.677. The van der Waals surface area contributed by atoms with E-state index >= 15 is 0 Å². The fourth-order valence-corrected chi connectivity index (χ4v) is 1.23. The average Bonchev–Trinajstić information content (AvgIpc) is 2.30. The van der Waals surface area contributed by atoms with Crippen molar-refractivity contribution in [1.29, 1.82) is 0 Å². The number of hydrogen-bond donors (Lipinski definition) is 0. The molecule has 1 rings (SSSR count). The summed E-state index contributed by atoms with van der Waals surface area (Å²) in [7, 11) is 0. The molecular weight excluding hydrogens is 160 g/mol. The molecular formula is C12H16O. The second-order valence-corrected chi connectivity index (χ2v) is 3.52. The fourth-order valence-electron chi connectivity index (χ4n) is 1.23. The monoisotopic (exact) mass is 176 g/mol. The van der Waals surface area contributed by atoms with Gasteiger partial charge in [-0.2, -0.15) is 0 Å². The Kier molecular flexibility index (Phi) is 3.24. The lowest BCUT2D eigenvalue weighted by atomic mass is 10.0. The molecule has 1 unspecified atom stereocenters. The highest BCUT2D eigenvalue weighted by atomic mass is 16.1. The van der Waals surface area contributed by atoms with Crippen molar-refractivity contribution >= 4 is 0 Å². The van der Waals surface area contributed by atoms with Gasteiger partial charge in [0.1, 0.15) is 0 Å². The average molecular weight is 176 g/mol. The van der Waals surface area contributed by atoms with E-state index in [1.54, 1.807) is 6.07 Å². The molecule has 1 aromatic carbocycles. The molecule has 0 bridgehead atoms. The zero-order valence-corrected chi connectivity index (χ0v) is 8.50. The molecule has 0 heterocycles. The van der Waals surface area contributed by atoms with E-state index in [1.807, 2.05) is 25.1 Å². The minimum absolute atomic E-state index is 0.120. The van der Waals surface area contributed by atoms with Crippen LogP contribution in [0.25, 0.3) is 0 Å². The Labute approximate surface area is 79.4 Å². The first kappa shape index (κ1) is 9.97. The van der Waals surface area contributed by atoms with Gasteiger partial charge in [-0.3, -0.25) is 4.79 Å². The van der Waals surface area contributed by atoms with E-state index in [4.69, 9.17) is 0 Å². The first-order chi connectivity index (χ1) is 6.15. The van der Waals surface area contributed by atoms with Gasteiger partial charge in [0, 0.05) is 0 Å². The van der Waals surface area contributed by atoms with E-state index in [0.29, 0.717) is 5.92 Å². The normalized spacial score (nSPS) is 12.5. The molecule has 0 saturated heterocycles. The summed E-state index contributed by atoms with van der Waals surface area (Å²) in [6, 6.07) is 7.55. The van der Waals surface area contributed by atoms with Crippen LogP contribution >= 0.6 is 0 Å². The van der Waals surface area contributed by atoms with Crippen LogP contribution in [-0.4, -0.2) is 0 Å². The van der Waals surface area contributed by atoms with Crippen molar-refractivity contribution in [3.05, 3.63) is 45.6 Å². The summed E-state index contributed by atoms with van der Waals surface area (Å²) in [5, 5.41) is 0. The predicted octanol–water partition coefficient (Wildman–Crippen LogP) is 2.87. The van der Waals surface area contributed by atoms with Gasteiger partial charge >= 0.3 is 0 Å². The van der Waals surface area contributed by atoms with Gasteiger partial charge in [0.2, 0.25) is 0 Å². The number of aryl methyl sites for hydroxylation is 1. The van der Waals surface area contributed by atoms with E-state index in [0.717, 1.165) is 12.0 Å². The molecule has 1 aromatic rings. The SMILES string of the molecule is CCC(C)c1ccc(C)c(=O)cc1. The largest absolute Gasteiger partial charge is 0.290 e. The van der Waals surface area contributed by atoms with Gasteiger partial charge in [-0.25, -0.2) is 0 Å². The van der Waals surface area contributed by atoms with E-state index in [1.165, 1.54) is 5.56 Å². The van der Waals surface area contributed by atoms with Crippen LogP contribution in [0, 0.1) is 6.92 Å². The van der Waals surface area contributed by atoms with Crippen molar-refractivity contribution in [1.82, 2.24) is 0 Å². The van der Waals surface area contributed by atoms with Gasteiger partial charge in [0.05, 0.1) is 0 Å². The van der Waals surface area contributed by atoms with Crippen LogP contribution in [0.15, 0.2) is 29.1 Å². The molecule has 0 aliphatic carbocycles. The van der Waals surface area contributed by atoms with Gasteiger partial charge in [0.15, 0.2) is 5.43 Å². The molecule has 13 heavy (non-hydrogen) atoms. The molecule has 1 heteroatoms. The molecule has 0 aromatic heterocycles. The third-order valence-corrected chi connectivity index (χ3v) is 2.52. The number of hydrogen-bond acceptors (Lipinski definition) is 1. The standard InChI is InChI=1S/C12H16O/c1-4-9(2)11-6-5-10(3)12(13)8-7-11/h5-9H,4H2,1-3H3. The van der Waals surface area contributed by atoms with Gasteiger partial charge < -0.3 is 0 Å². The van der Waals surface area contributed by atoms with E-state index in [2.05, 4.69) is 13.8 Å². The molecule has 0 spiro atoms. The summed E-state index contributed by atoms with van der Waals surface area (Å²) in [6.07, 6.45) is 1.11. The first-order valence-electron chi connectivity index (χ1n) is 4.76. The lowest BCUT2D eigenvalue weighted by Crippen LogP contribution is -1.96. The van der Waals surface area contributed by atoms with Crippen LogP contribution in [0.1, 0.15) is 37.3 Å². The van der Waals surface area contributed by atoms with Crippen LogP contribution < -0.4 is 5.43 Å². The maximum Gasteiger partial charge on any atom is 0.181 e. The lowest BCUT2D eigenvalue weighted by Gasteiger charge is -2.05. The minimum atomic E-state index is 0.120.